The molecule has 0 spiro atoms. The lowest BCUT2D eigenvalue weighted by Gasteiger charge is -2.21. The van der Waals surface area contributed by atoms with E-state index in [1.54, 1.807) is 0 Å². The summed E-state index contributed by atoms with van der Waals surface area (Å²) in [6.07, 6.45) is 5.88. The van der Waals surface area contributed by atoms with Crippen molar-refractivity contribution >= 4 is 5.96 Å². The van der Waals surface area contributed by atoms with Crippen LogP contribution in [0.1, 0.15) is 32.0 Å². The SMILES string of the molecule is CCNC(=NCCC1CC1)N(C)Cc1ncc(-c2ccccc2)[nH]1. The number of benzene rings is 1. The molecule has 1 heterocycles. The lowest BCUT2D eigenvalue weighted by molar-refractivity contribution is 0.463. The second kappa shape index (κ2) is 7.99. The molecule has 3 rings (SSSR count). The van der Waals surface area contributed by atoms with Gasteiger partial charge in [0.2, 0.25) is 0 Å². The van der Waals surface area contributed by atoms with Crippen LogP contribution in [0.15, 0.2) is 41.5 Å². The van der Waals surface area contributed by atoms with Crippen LogP contribution in [-0.4, -0.2) is 41.0 Å². The fraction of sp³-hybridized carbons (Fsp3) is 0.474. The zero-order valence-electron chi connectivity index (χ0n) is 14.6. The predicted octanol–water partition coefficient (Wildman–Crippen LogP) is 3.27. The Morgan fingerprint density at radius 3 is 2.83 bits per heavy atom. The molecule has 5 heteroatoms. The Bertz CT molecular complexity index is 657. The standard InChI is InChI=1S/C19H27N5/c1-3-20-19(21-12-11-15-9-10-15)24(2)14-18-22-13-17(23-18)16-7-5-4-6-8-16/h4-8,13,15H,3,9-12,14H2,1-2H3,(H,20,21)(H,22,23). The Kier molecular flexibility index (Phi) is 5.51. The number of rotatable bonds is 7. The predicted molar refractivity (Wildman–Crippen MR) is 98.8 cm³/mol. The molecule has 0 atom stereocenters. The molecule has 0 unspecified atom stereocenters. The quantitative estimate of drug-likeness (QED) is 0.607. The normalized spacial score (nSPS) is 14.7. The summed E-state index contributed by atoms with van der Waals surface area (Å²) in [6.45, 7) is 4.59. The minimum Gasteiger partial charge on any atom is -0.357 e. The molecule has 1 aliphatic carbocycles. The van der Waals surface area contributed by atoms with Gasteiger partial charge in [-0.05, 0) is 24.8 Å². The first-order chi connectivity index (χ1) is 11.8. The lowest BCUT2D eigenvalue weighted by Crippen LogP contribution is -2.38. The van der Waals surface area contributed by atoms with Crippen molar-refractivity contribution in [2.24, 2.45) is 10.9 Å². The molecule has 0 saturated heterocycles. The van der Waals surface area contributed by atoms with E-state index in [2.05, 4.69) is 46.3 Å². The highest BCUT2D eigenvalue weighted by molar-refractivity contribution is 5.79. The number of nitrogens with zero attached hydrogens (tertiary/aromatic N) is 3. The van der Waals surface area contributed by atoms with E-state index in [1.807, 2.05) is 24.4 Å². The van der Waals surface area contributed by atoms with Crippen LogP contribution in [0.3, 0.4) is 0 Å². The van der Waals surface area contributed by atoms with Crippen molar-refractivity contribution in [2.45, 2.75) is 32.7 Å². The van der Waals surface area contributed by atoms with Crippen LogP contribution in [0.25, 0.3) is 11.3 Å². The number of aromatic amines is 1. The van der Waals surface area contributed by atoms with E-state index in [0.717, 1.165) is 42.0 Å². The number of H-pyrrole nitrogens is 1. The Morgan fingerprint density at radius 2 is 2.12 bits per heavy atom. The first kappa shape index (κ1) is 16.6. The van der Waals surface area contributed by atoms with E-state index in [9.17, 15) is 0 Å². The van der Waals surface area contributed by atoms with E-state index in [0.29, 0.717) is 6.54 Å². The van der Waals surface area contributed by atoms with E-state index < -0.39 is 0 Å². The highest BCUT2D eigenvalue weighted by Crippen LogP contribution is 2.32. The first-order valence-corrected chi connectivity index (χ1v) is 8.85. The summed E-state index contributed by atoms with van der Waals surface area (Å²) < 4.78 is 0. The fourth-order valence-electron chi connectivity index (χ4n) is 2.74. The van der Waals surface area contributed by atoms with Crippen LogP contribution in [0.4, 0.5) is 0 Å². The van der Waals surface area contributed by atoms with Gasteiger partial charge in [0, 0.05) is 20.1 Å². The van der Waals surface area contributed by atoms with Gasteiger partial charge < -0.3 is 15.2 Å². The summed E-state index contributed by atoms with van der Waals surface area (Å²) in [5, 5.41) is 3.37. The largest absolute Gasteiger partial charge is 0.357 e. The number of nitrogens with one attached hydrogen (secondary N) is 2. The van der Waals surface area contributed by atoms with E-state index in [1.165, 1.54) is 19.3 Å². The van der Waals surface area contributed by atoms with E-state index >= 15 is 0 Å². The Labute approximate surface area is 144 Å². The van der Waals surface area contributed by atoms with Gasteiger partial charge in [0.15, 0.2) is 5.96 Å². The Hall–Kier alpha value is -2.30. The van der Waals surface area contributed by atoms with Crippen molar-refractivity contribution in [2.75, 3.05) is 20.1 Å². The summed E-state index contributed by atoms with van der Waals surface area (Å²) >= 11 is 0. The fourth-order valence-corrected chi connectivity index (χ4v) is 2.74. The second-order valence-corrected chi connectivity index (χ2v) is 6.43. The maximum absolute atomic E-state index is 4.74. The van der Waals surface area contributed by atoms with Gasteiger partial charge in [0.1, 0.15) is 5.82 Å². The Morgan fingerprint density at radius 1 is 1.33 bits per heavy atom. The van der Waals surface area contributed by atoms with Gasteiger partial charge in [-0.2, -0.15) is 0 Å². The van der Waals surface area contributed by atoms with Crippen molar-refractivity contribution < 1.29 is 0 Å². The topological polar surface area (TPSA) is 56.3 Å². The minimum atomic E-state index is 0.710. The molecule has 0 radical (unpaired) electrons. The maximum atomic E-state index is 4.74. The zero-order chi connectivity index (χ0) is 16.8. The van der Waals surface area contributed by atoms with Gasteiger partial charge in [-0.3, -0.25) is 4.99 Å². The smallest absolute Gasteiger partial charge is 0.194 e. The molecule has 0 amide bonds. The first-order valence-electron chi connectivity index (χ1n) is 8.85. The Balaban J connectivity index is 1.61. The van der Waals surface area contributed by atoms with Crippen LogP contribution in [0.5, 0.6) is 0 Å². The molecule has 1 aromatic carbocycles. The van der Waals surface area contributed by atoms with Crippen molar-refractivity contribution in [1.29, 1.82) is 0 Å². The molecule has 1 aliphatic rings. The lowest BCUT2D eigenvalue weighted by atomic mass is 10.2. The summed E-state index contributed by atoms with van der Waals surface area (Å²) in [5.74, 6) is 2.82. The molecule has 1 saturated carbocycles. The summed E-state index contributed by atoms with van der Waals surface area (Å²) in [6, 6.07) is 10.3. The van der Waals surface area contributed by atoms with E-state index in [4.69, 9.17) is 4.99 Å². The number of imidazole rings is 1. The average Bonchev–Trinajstić information content (AvgIpc) is 3.31. The molecule has 2 N–H and O–H groups in total. The zero-order valence-corrected chi connectivity index (χ0v) is 14.6. The average molecular weight is 325 g/mol. The van der Waals surface area contributed by atoms with Gasteiger partial charge in [0.05, 0.1) is 18.4 Å². The van der Waals surface area contributed by atoms with Crippen LogP contribution >= 0.6 is 0 Å². The van der Waals surface area contributed by atoms with Crippen LogP contribution in [0, 0.1) is 5.92 Å². The highest BCUT2D eigenvalue weighted by atomic mass is 15.3. The molecule has 128 valence electrons. The molecule has 2 aromatic rings. The molecular formula is C19H27N5. The van der Waals surface area contributed by atoms with Crippen LogP contribution in [0.2, 0.25) is 0 Å². The van der Waals surface area contributed by atoms with Gasteiger partial charge in [-0.25, -0.2) is 4.98 Å². The summed E-state index contributed by atoms with van der Waals surface area (Å²) in [4.78, 5) is 14.8. The highest BCUT2D eigenvalue weighted by Gasteiger charge is 2.20. The van der Waals surface area contributed by atoms with Crippen molar-refractivity contribution in [3.05, 3.63) is 42.4 Å². The monoisotopic (exact) mass is 325 g/mol. The van der Waals surface area contributed by atoms with E-state index in [-0.39, 0.29) is 0 Å². The van der Waals surface area contributed by atoms with Gasteiger partial charge in [-0.1, -0.05) is 43.2 Å². The molecule has 24 heavy (non-hydrogen) atoms. The van der Waals surface area contributed by atoms with Gasteiger partial charge in [0.25, 0.3) is 0 Å². The van der Waals surface area contributed by atoms with Crippen molar-refractivity contribution in [1.82, 2.24) is 20.2 Å². The maximum Gasteiger partial charge on any atom is 0.194 e. The number of guanidine groups is 1. The molecule has 1 fully saturated rings. The second-order valence-electron chi connectivity index (χ2n) is 6.43. The molecule has 5 nitrogen and oxygen atoms in total. The van der Waals surface area contributed by atoms with Gasteiger partial charge in [-0.15, -0.1) is 0 Å². The third kappa shape index (κ3) is 4.60. The molecular weight excluding hydrogens is 298 g/mol. The number of hydrogen-bond acceptors (Lipinski definition) is 2. The van der Waals surface area contributed by atoms with Crippen molar-refractivity contribution in [3.63, 3.8) is 0 Å². The number of aliphatic imine (C=N–C) groups is 1. The van der Waals surface area contributed by atoms with Gasteiger partial charge >= 0.3 is 0 Å². The third-order valence-electron chi connectivity index (χ3n) is 4.29. The third-order valence-corrected chi connectivity index (χ3v) is 4.29. The molecule has 1 aromatic heterocycles. The van der Waals surface area contributed by atoms with Crippen LogP contribution in [-0.2, 0) is 6.54 Å². The molecule has 0 aliphatic heterocycles. The number of hydrogen-bond donors (Lipinski definition) is 2. The summed E-state index contributed by atoms with van der Waals surface area (Å²) in [5.41, 5.74) is 2.21. The van der Waals surface area contributed by atoms with Crippen LogP contribution < -0.4 is 5.32 Å². The summed E-state index contributed by atoms with van der Waals surface area (Å²) in [7, 11) is 2.06. The molecule has 0 bridgehead atoms. The number of aromatic nitrogens is 2. The van der Waals surface area contributed by atoms with Crippen molar-refractivity contribution in [3.8, 4) is 11.3 Å². The minimum absolute atomic E-state index is 0.710.